The van der Waals surface area contributed by atoms with Crippen LogP contribution in [0.2, 0.25) is 0 Å². The predicted octanol–water partition coefficient (Wildman–Crippen LogP) is 13.9. The van der Waals surface area contributed by atoms with Crippen LogP contribution in [0.3, 0.4) is 0 Å². The molecule has 0 fully saturated rings. The van der Waals surface area contributed by atoms with E-state index < -0.39 is 5.97 Å². The number of nitrogens with zero attached hydrogens (tertiary/aromatic N) is 3. The summed E-state index contributed by atoms with van der Waals surface area (Å²) in [5.41, 5.74) is 8.51. The summed E-state index contributed by atoms with van der Waals surface area (Å²) in [6, 6.07) is 40.4. The van der Waals surface area contributed by atoms with Gasteiger partial charge in [-0.25, -0.2) is 4.79 Å². The van der Waals surface area contributed by atoms with Crippen LogP contribution >= 0.6 is 22.7 Å². The van der Waals surface area contributed by atoms with Crippen molar-refractivity contribution in [3.05, 3.63) is 138 Å². The van der Waals surface area contributed by atoms with Crippen LogP contribution in [-0.4, -0.2) is 16.1 Å². The minimum atomic E-state index is -1.24. The molecule has 0 saturated heterocycles. The topological polar surface area (TPSA) is 77.2 Å². The van der Waals surface area contributed by atoms with Crippen LogP contribution in [0.5, 0.6) is 0 Å². The molecule has 0 spiro atoms. The van der Waals surface area contributed by atoms with E-state index >= 15 is 0 Å². The number of benzene rings is 3. The number of nitriles is 1. The SMILES string of the molecule is CCCCCCc1cc(-c2sc(-c3ccc(/C=C(/C#N)C(=O)O)cn3)cc2CCCCCC)sc1-c1ccc(N(c2ccccc2)c2ccccc2)cc1. The number of hydrogen-bond donors (Lipinski definition) is 1. The molecular formula is C47H47N3O2S2. The van der Waals surface area contributed by atoms with Gasteiger partial charge in [-0.2, -0.15) is 5.26 Å². The molecule has 3 aromatic heterocycles. The third kappa shape index (κ3) is 9.62. The normalized spacial score (nSPS) is 11.4. The number of pyridine rings is 1. The molecule has 54 heavy (non-hydrogen) atoms. The second-order valence-electron chi connectivity index (χ2n) is 13.6. The van der Waals surface area contributed by atoms with E-state index in [0.717, 1.165) is 46.9 Å². The number of carbonyl (C=O) groups is 1. The molecule has 0 atom stereocenters. The van der Waals surface area contributed by atoms with Crippen LogP contribution in [0, 0.1) is 11.3 Å². The van der Waals surface area contributed by atoms with Crippen molar-refractivity contribution in [1.29, 1.82) is 5.26 Å². The lowest BCUT2D eigenvalue weighted by Crippen LogP contribution is -2.09. The number of aliphatic carboxylic acids is 1. The van der Waals surface area contributed by atoms with E-state index in [0.29, 0.717) is 5.56 Å². The molecule has 0 radical (unpaired) electrons. The molecule has 0 unspecified atom stereocenters. The van der Waals surface area contributed by atoms with Gasteiger partial charge in [-0.1, -0.05) is 107 Å². The second kappa shape index (κ2) is 19.2. The molecule has 3 aromatic carbocycles. The maximum atomic E-state index is 11.4. The van der Waals surface area contributed by atoms with Crippen molar-refractivity contribution in [3.63, 3.8) is 0 Å². The van der Waals surface area contributed by atoms with E-state index in [9.17, 15) is 15.2 Å². The molecule has 0 aliphatic heterocycles. The summed E-state index contributed by atoms with van der Waals surface area (Å²) >= 11 is 3.69. The highest BCUT2D eigenvalue weighted by molar-refractivity contribution is 7.25. The third-order valence-electron chi connectivity index (χ3n) is 9.56. The molecule has 5 nitrogen and oxygen atoms in total. The van der Waals surface area contributed by atoms with E-state index in [2.05, 4.69) is 116 Å². The van der Waals surface area contributed by atoms with Crippen LogP contribution in [0.25, 0.3) is 36.8 Å². The Hall–Kier alpha value is -5.29. The van der Waals surface area contributed by atoms with E-state index in [1.165, 1.54) is 82.3 Å². The first kappa shape index (κ1) is 38.4. The van der Waals surface area contributed by atoms with E-state index in [-0.39, 0.29) is 5.57 Å². The van der Waals surface area contributed by atoms with Gasteiger partial charge in [0.1, 0.15) is 11.6 Å². The smallest absolute Gasteiger partial charge is 0.346 e. The predicted molar refractivity (Wildman–Crippen MR) is 228 cm³/mol. The van der Waals surface area contributed by atoms with Crippen molar-refractivity contribution in [2.24, 2.45) is 0 Å². The molecule has 6 aromatic rings. The van der Waals surface area contributed by atoms with E-state index in [1.807, 2.05) is 23.5 Å². The fraction of sp³-hybridized carbons (Fsp3) is 0.255. The van der Waals surface area contributed by atoms with Gasteiger partial charge in [0.2, 0.25) is 0 Å². The Morgan fingerprint density at radius 3 is 1.80 bits per heavy atom. The van der Waals surface area contributed by atoms with Crippen LogP contribution in [0.15, 0.2) is 121 Å². The second-order valence-corrected chi connectivity index (χ2v) is 15.7. The van der Waals surface area contributed by atoms with Gasteiger partial charge in [-0.15, -0.1) is 22.7 Å². The Labute approximate surface area is 327 Å². The zero-order valence-electron chi connectivity index (χ0n) is 31.1. The summed E-state index contributed by atoms with van der Waals surface area (Å²) in [7, 11) is 0. The average molecular weight is 750 g/mol. The molecule has 3 heterocycles. The lowest BCUT2D eigenvalue weighted by atomic mass is 10.0. The zero-order valence-corrected chi connectivity index (χ0v) is 32.8. The summed E-state index contributed by atoms with van der Waals surface area (Å²) in [6.45, 7) is 4.51. The van der Waals surface area contributed by atoms with Crippen molar-refractivity contribution < 1.29 is 9.90 Å². The standard InChI is InChI=1S/C47H47N3O2S2/c1-3-5-7-11-17-36-31-44(54-45(36)35-24-26-41(27-25-35)50(39-19-13-9-14-20-39)40-21-15-10-16-22-40)46-37(18-12-8-6-4-2)30-43(53-46)42-28-23-34(33-49-42)29-38(32-48)47(51)52/h9-10,13-16,19-31,33H,3-8,11-12,17-18H2,1-2H3,(H,51,52)/b38-29-. The molecule has 0 amide bonds. The number of unbranched alkanes of at least 4 members (excludes halogenated alkanes) is 6. The molecule has 1 N–H and O–H groups in total. The lowest BCUT2D eigenvalue weighted by molar-refractivity contribution is -0.132. The molecule has 0 aliphatic carbocycles. The van der Waals surface area contributed by atoms with Gasteiger partial charge in [0, 0.05) is 37.9 Å². The zero-order chi connectivity index (χ0) is 37.7. The monoisotopic (exact) mass is 749 g/mol. The highest BCUT2D eigenvalue weighted by Crippen LogP contribution is 2.46. The largest absolute Gasteiger partial charge is 0.477 e. The number of rotatable bonds is 18. The number of para-hydroxylation sites is 2. The Morgan fingerprint density at radius 1 is 0.704 bits per heavy atom. The Bertz CT molecular complexity index is 2140. The molecule has 0 bridgehead atoms. The summed E-state index contributed by atoms with van der Waals surface area (Å²) < 4.78 is 0. The van der Waals surface area contributed by atoms with E-state index in [4.69, 9.17) is 4.98 Å². The minimum absolute atomic E-state index is 0.310. The van der Waals surface area contributed by atoms with Gasteiger partial charge in [0.25, 0.3) is 0 Å². The number of carboxylic acid groups (broad SMARTS) is 1. The van der Waals surface area contributed by atoms with Crippen molar-refractivity contribution >= 4 is 51.8 Å². The Kier molecular flexibility index (Phi) is 13.6. The summed E-state index contributed by atoms with van der Waals surface area (Å²) in [6.07, 6.45) is 14.7. The van der Waals surface area contributed by atoms with Crippen LogP contribution in [-0.2, 0) is 17.6 Å². The number of hydrogen-bond acceptors (Lipinski definition) is 6. The Balaban J connectivity index is 1.37. The average Bonchev–Trinajstić information content (AvgIpc) is 3.83. The fourth-order valence-corrected chi connectivity index (χ4v) is 9.25. The molecule has 0 aliphatic rings. The number of anilines is 3. The molecular weight excluding hydrogens is 703 g/mol. The van der Waals surface area contributed by atoms with Gasteiger partial charge >= 0.3 is 5.97 Å². The highest BCUT2D eigenvalue weighted by Gasteiger charge is 2.20. The van der Waals surface area contributed by atoms with E-state index in [1.54, 1.807) is 23.6 Å². The first-order chi connectivity index (χ1) is 26.5. The van der Waals surface area contributed by atoms with Gasteiger partial charge in [0.05, 0.1) is 10.6 Å². The number of thiophene rings is 2. The van der Waals surface area contributed by atoms with Gasteiger partial charge in [-0.3, -0.25) is 4.98 Å². The van der Waals surface area contributed by atoms with Crippen molar-refractivity contribution in [3.8, 4) is 36.8 Å². The molecule has 274 valence electrons. The van der Waals surface area contributed by atoms with Crippen molar-refractivity contribution in [2.45, 2.75) is 78.1 Å². The van der Waals surface area contributed by atoms with Crippen molar-refractivity contribution in [2.75, 3.05) is 4.90 Å². The quantitative estimate of drug-likeness (QED) is 0.0538. The van der Waals surface area contributed by atoms with Gasteiger partial charge in [0.15, 0.2) is 0 Å². The van der Waals surface area contributed by atoms with Crippen LogP contribution in [0.1, 0.15) is 81.9 Å². The van der Waals surface area contributed by atoms with Crippen LogP contribution in [0.4, 0.5) is 17.1 Å². The minimum Gasteiger partial charge on any atom is -0.477 e. The highest BCUT2D eigenvalue weighted by atomic mass is 32.1. The van der Waals surface area contributed by atoms with Crippen molar-refractivity contribution in [1.82, 2.24) is 4.98 Å². The summed E-state index contributed by atoms with van der Waals surface area (Å²) in [5, 5.41) is 18.5. The lowest BCUT2D eigenvalue weighted by Gasteiger charge is -2.25. The number of aryl methyl sites for hydroxylation is 2. The molecule has 0 saturated carbocycles. The summed E-state index contributed by atoms with van der Waals surface area (Å²) in [5.74, 6) is -1.24. The number of aromatic nitrogens is 1. The van der Waals surface area contributed by atoms with Gasteiger partial charge < -0.3 is 10.0 Å². The number of carboxylic acids is 1. The first-order valence-electron chi connectivity index (χ1n) is 19.1. The molecule has 7 heteroatoms. The first-order valence-corrected chi connectivity index (χ1v) is 20.7. The van der Waals surface area contributed by atoms with Crippen LogP contribution < -0.4 is 4.90 Å². The Morgan fingerprint density at radius 2 is 1.26 bits per heavy atom. The maximum absolute atomic E-state index is 11.4. The molecule has 6 rings (SSSR count). The fourth-order valence-electron chi connectivity index (χ4n) is 6.71. The summed E-state index contributed by atoms with van der Waals surface area (Å²) in [4.78, 5) is 23.4. The third-order valence-corrected chi connectivity index (χ3v) is 12.2. The van der Waals surface area contributed by atoms with Gasteiger partial charge in [-0.05, 0) is 109 Å². The maximum Gasteiger partial charge on any atom is 0.346 e.